The largest absolute Gasteiger partial charge is 0.434 e. The Bertz CT molecular complexity index is 405. The van der Waals surface area contributed by atoms with Gasteiger partial charge in [-0.1, -0.05) is 6.92 Å². The van der Waals surface area contributed by atoms with Crippen LogP contribution in [-0.4, -0.2) is 12.4 Å². The maximum Gasteiger partial charge on any atom is 0.387 e. The first kappa shape index (κ1) is 13.3. The normalized spacial score (nSPS) is 10.6. The minimum atomic E-state index is -2.91. The Labute approximate surface area is 106 Å². The summed E-state index contributed by atoms with van der Waals surface area (Å²) in [7, 11) is 0. The number of halogens is 3. The Balaban J connectivity index is 3.33. The van der Waals surface area contributed by atoms with Crippen molar-refractivity contribution in [2.45, 2.75) is 26.9 Å². The van der Waals surface area contributed by atoms with Gasteiger partial charge < -0.3 is 4.74 Å². The van der Waals surface area contributed by atoms with Crippen LogP contribution < -0.4 is 4.74 Å². The number of carbonyl (C=O) groups excluding carboxylic acids is 1. The van der Waals surface area contributed by atoms with Crippen molar-refractivity contribution in [3.05, 3.63) is 26.8 Å². The van der Waals surface area contributed by atoms with Crippen molar-refractivity contribution in [2.24, 2.45) is 0 Å². The fourth-order valence-electron chi connectivity index (χ4n) is 1.53. The maximum absolute atomic E-state index is 12.2. The molecule has 5 heteroatoms. The molecule has 1 aromatic rings. The highest BCUT2D eigenvalue weighted by Crippen LogP contribution is 2.29. The van der Waals surface area contributed by atoms with E-state index in [0.29, 0.717) is 6.42 Å². The second kappa shape index (κ2) is 5.56. The number of carbonyl (C=O) groups is 1. The van der Waals surface area contributed by atoms with E-state index in [4.69, 9.17) is 0 Å². The molecule has 0 aliphatic heterocycles. The van der Waals surface area contributed by atoms with Crippen LogP contribution in [0.4, 0.5) is 8.78 Å². The molecule has 16 heavy (non-hydrogen) atoms. The summed E-state index contributed by atoms with van der Waals surface area (Å²) in [5.41, 5.74) is 1.01. The van der Waals surface area contributed by atoms with Gasteiger partial charge in [0.25, 0.3) is 0 Å². The Hall–Kier alpha value is -0.720. The van der Waals surface area contributed by atoms with Gasteiger partial charge >= 0.3 is 6.61 Å². The van der Waals surface area contributed by atoms with Crippen molar-refractivity contribution in [1.82, 2.24) is 0 Å². The van der Waals surface area contributed by atoms with Gasteiger partial charge in [-0.25, -0.2) is 0 Å². The lowest BCUT2D eigenvalue weighted by molar-refractivity contribution is -0.0501. The second-order valence-electron chi connectivity index (χ2n) is 3.19. The molecular weight excluding hydrogens is 329 g/mol. The zero-order chi connectivity index (χ0) is 12.3. The van der Waals surface area contributed by atoms with Gasteiger partial charge in [-0.3, -0.25) is 4.79 Å². The van der Waals surface area contributed by atoms with Gasteiger partial charge in [0.1, 0.15) is 5.75 Å². The number of ketones is 1. The standard InChI is InChI=1S/C11H11F2IO2/c1-3-7-8(14)4-5-9(16-11(12)13)10(7)6(2)15/h4-5,11H,3H2,1-2H3. The Morgan fingerprint density at radius 2 is 2.12 bits per heavy atom. The van der Waals surface area contributed by atoms with Crippen LogP contribution in [0.25, 0.3) is 0 Å². The van der Waals surface area contributed by atoms with E-state index in [1.165, 1.54) is 13.0 Å². The molecule has 1 rings (SSSR count). The molecule has 0 saturated heterocycles. The minimum absolute atomic E-state index is 0.0419. The van der Waals surface area contributed by atoms with Crippen LogP contribution in [0.15, 0.2) is 12.1 Å². The van der Waals surface area contributed by atoms with Crippen LogP contribution in [-0.2, 0) is 6.42 Å². The Morgan fingerprint density at radius 1 is 1.50 bits per heavy atom. The molecule has 0 atom stereocenters. The molecule has 0 N–H and O–H groups in total. The van der Waals surface area contributed by atoms with Gasteiger partial charge in [0.2, 0.25) is 0 Å². The molecule has 0 heterocycles. The summed E-state index contributed by atoms with van der Waals surface area (Å²) < 4.78 is 29.6. The van der Waals surface area contributed by atoms with Crippen molar-refractivity contribution in [3.63, 3.8) is 0 Å². The predicted octanol–water partition coefficient (Wildman–Crippen LogP) is 3.66. The summed E-state index contributed by atoms with van der Waals surface area (Å²) in [6, 6.07) is 3.08. The molecule has 0 saturated carbocycles. The fraction of sp³-hybridized carbons (Fsp3) is 0.364. The van der Waals surface area contributed by atoms with Gasteiger partial charge in [0.05, 0.1) is 5.56 Å². The smallest absolute Gasteiger partial charge is 0.387 e. The summed E-state index contributed by atoms with van der Waals surface area (Å²) >= 11 is 2.07. The lowest BCUT2D eigenvalue weighted by Gasteiger charge is -2.13. The average molecular weight is 340 g/mol. The van der Waals surface area contributed by atoms with Crippen molar-refractivity contribution >= 4 is 28.4 Å². The molecule has 0 amide bonds. The molecule has 0 radical (unpaired) electrons. The number of Topliss-reactive ketones (excluding diaryl/α,β-unsaturated/α-hetero) is 1. The highest BCUT2D eigenvalue weighted by atomic mass is 127. The minimum Gasteiger partial charge on any atom is -0.434 e. The first-order valence-electron chi connectivity index (χ1n) is 4.74. The first-order chi connectivity index (χ1) is 7.47. The zero-order valence-corrected chi connectivity index (χ0v) is 11.0. The van der Waals surface area contributed by atoms with E-state index in [1.807, 2.05) is 6.92 Å². The lowest BCUT2D eigenvalue weighted by Crippen LogP contribution is -2.09. The van der Waals surface area contributed by atoms with Gasteiger partial charge in [-0.05, 0) is 53.6 Å². The zero-order valence-electron chi connectivity index (χ0n) is 8.89. The fourth-order valence-corrected chi connectivity index (χ4v) is 2.36. The summed E-state index contributed by atoms with van der Waals surface area (Å²) in [5, 5.41) is 0. The van der Waals surface area contributed by atoms with Crippen LogP contribution in [0, 0.1) is 3.57 Å². The van der Waals surface area contributed by atoms with Gasteiger partial charge in [0.15, 0.2) is 5.78 Å². The molecule has 88 valence electrons. The molecule has 0 bridgehead atoms. The third-order valence-corrected chi connectivity index (χ3v) is 3.15. The highest BCUT2D eigenvalue weighted by Gasteiger charge is 2.18. The predicted molar refractivity (Wildman–Crippen MR) is 65.2 cm³/mol. The van der Waals surface area contributed by atoms with E-state index in [0.717, 1.165) is 9.13 Å². The molecule has 0 aromatic heterocycles. The average Bonchev–Trinajstić information content (AvgIpc) is 2.18. The van der Waals surface area contributed by atoms with E-state index >= 15 is 0 Å². The summed E-state index contributed by atoms with van der Waals surface area (Å²) in [6.45, 7) is 0.307. The molecule has 0 spiro atoms. The SMILES string of the molecule is CCc1c(I)ccc(OC(F)F)c1C(C)=O. The monoisotopic (exact) mass is 340 g/mol. The van der Waals surface area contributed by atoms with Crippen molar-refractivity contribution in [3.8, 4) is 5.75 Å². The molecule has 1 aromatic carbocycles. The number of hydrogen-bond acceptors (Lipinski definition) is 2. The summed E-state index contributed by atoms with van der Waals surface area (Å²) in [5.74, 6) is -0.300. The molecule has 2 nitrogen and oxygen atoms in total. The van der Waals surface area contributed by atoms with Crippen molar-refractivity contribution in [1.29, 1.82) is 0 Å². The van der Waals surface area contributed by atoms with Crippen LogP contribution in [0.5, 0.6) is 5.75 Å². The highest BCUT2D eigenvalue weighted by molar-refractivity contribution is 14.1. The second-order valence-corrected chi connectivity index (χ2v) is 4.35. The van der Waals surface area contributed by atoms with E-state index in [-0.39, 0.29) is 17.1 Å². The molecule has 0 fully saturated rings. The topological polar surface area (TPSA) is 26.3 Å². The lowest BCUT2D eigenvalue weighted by atomic mass is 10.0. The van der Waals surface area contributed by atoms with E-state index in [9.17, 15) is 13.6 Å². The molecule has 0 aliphatic carbocycles. The number of ether oxygens (including phenoxy) is 1. The van der Waals surface area contributed by atoms with Crippen molar-refractivity contribution < 1.29 is 18.3 Å². The molecule has 0 unspecified atom stereocenters. The quantitative estimate of drug-likeness (QED) is 0.618. The summed E-state index contributed by atoms with van der Waals surface area (Å²) in [4.78, 5) is 11.5. The number of rotatable bonds is 4. The first-order valence-corrected chi connectivity index (χ1v) is 5.82. The maximum atomic E-state index is 12.2. The molecular formula is C11H11F2IO2. The Morgan fingerprint density at radius 3 is 2.56 bits per heavy atom. The van der Waals surface area contributed by atoms with E-state index in [2.05, 4.69) is 27.3 Å². The van der Waals surface area contributed by atoms with Crippen molar-refractivity contribution in [2.75, 3.05) is 0 Å². The number of alkyl halides is 2. The molecule has 0 aliphatic rings. The van der Waals surface area contributed by atoms with E-state index < -0.39 is 6.61 Å². The Kier molecular flexibility index (Phi) is 4.64. The van der Waals surface area contributed by atoms with Gasteiger partial charge in [0, 0.05) is 3.57 Å². The van der Waals surface area contributed by atoms with Crippen LogP contribution in [0.3, 0.4) is 0 Å². The number of benzene rings is 1. The van der Waals surface area contributed by atoms with Gasteiger partial charge in [-0.15, -0.1) is 0 Å². The third-order valence-electron chi connectivity index (χ3n) is 2.14. The summed E-state index contributed by atoms with van der Waals surface area (Å²) in [6.07, 6.45) is 0.605. The third kappa shape index (κ3) is 2.90. The van der Waals surface area contributed by atoms with Crippen LogP contribution in [0.1, 0.15) is 29.8 Å². The van der Waals surface area contributed by atoms with Crippen LogP contribution in [0.2, 0.25) is 0 Å². The van der Waals surface area contributed by atoms with E-state index in [1.54, 1.807) is 6.07 Å². The van der Waals surface area contributed by atoms with Crippen LogP contribution >= 0.6 is 22.6 Å². The van der Waals surface area contributed by atoms with Gasteiger partial charge in [-0.2, -0.15) is 8.78 Å². The number of hydrogen-bond donors (Lipinski definition) is 0.